The Morgan fingerprint density at radius 3 is 0.776 bits per heavy atom. The van der Waals surface area contributed by atoms with E-state index >= 15 is 0 Å². The van der Waals surface area contributed by atoms with Crippen LogP contribution in [-0.4, -0.2) is 71.0 Å². The van der Waals surface area contributed by atoms with Crippen LogP contribution in [0.2, 0.25) is 0 Å². The van der Waals surface area contributed by atoms with Crippen molar-refractivity contribution >= 4 is 0 Å². The van der Waals surface area contributed by atoms with E-state index in [1.807, 2.05) is 0 Å². The Bertz CT molecular complexity index is 644. The van der Waals surface area contributed by atoms with Crippen molar-refractivity contribution in [2.75, 3.05) is 26.2 Å². The van der Waals surface area contributed by atoms with Gasteiger partial charge in [-0.1, -0.05) is 103 Å². The van der Waals surface area contributed by atoms with E-state index in [-0.39, 0.29) is 69.5 Å². The number of aliphatic hydroxyl groups is 4. The molecule has 4 aliphatic carbocycles. The van der Waals surface area contributed by atoms with Gasteiger partial charge in [0.05, 0.1) is 24.4 Å². The van der Waals surface area contributed by atoms with Gasteiger partial charge in [0.15, 0.2) is 0 Å². The van der Waals surface area contributed by atoms with E-state index in [9.17, 15) is 20.4 Å². The summed E-state index contributed by atoms with van der Waals surface area (Å²) < 4.78 is 0. The predicted molar refractivity (Wildman–Crippen MR) is 196 cm³/mol. The molecule has 0 bridgehead atoms. The van der Waals surface area contributed by atoms with Crippen molar-refractivity contribution in [1.82, 2.24) is 0 Å². The van der Waals surface area contributed by atoms with Crippen LogP contribution in [0.1, 0.15) is 167 Å². The van der Waals surface area contributed by atoms with Crippen LogP contribution in [0.3, 0.4) is 0 Å². The third kappa shape index (κ3) is 18.2. The van der Waals surface area contributed by atoms with E-state index in [1.165, 1.54) is 154 Å². The molecule has 0 aromatic carbocycles. The van der Waals surface area contributed by atoms with Crippen molar-refractivity contribution in [3.8, 4) is 0 Å². The van der Waals surface area contributed by atoms with Crippen LogP contribution in [-0.2, 0) is 39.0 Å². The molecule has 2 heterocycles. The second kappa shape index (κ2) is 28.4. The molecule has 2 aliphatic heterocycles. The molecular weight excluding hydrogens is 717 g/mol. The fraction of sp³-hybridized carbons (Fsp3) is 1.00. The minimum Gasteiger partial charge on any atom is -0.693 e. The van der Waals surface area contributed by atoms with Crippen molar-refractivity contribution in [2.24, 2.45) is 35.5 Å². The summed E-state index contributed by atoms with van der Waals surface area (Å²) in [6, 6.07) is 0. The Kier molecular flexibility index (Phi) is 27.8. The molecule has 0 radical (unpaired) electrons. The molecule has 4 unspecified atom stereocenters. The Morgan fingerprint density at radius 2 is 0.571 bits per heavy atom. The Balaban J connectivity index is 0.000000362. The molecule has 9 heteroatoms. The second-order valence-electron chi connectivity index (χ2n) is 16.3. The monoisotopic (exact) mass is 790 g/mol. The summed E-state index contributed by atoms with van der Waals surface area (Å²) in [5.74, 6) is 3.81. The summed E-state index contributed by atoms with van der Waals surface area (Å²) in [7, 11) is 0. The van der Waals surface area contributed by atoms with E-state index in [2.05, 4.69) is 10.6 Å². The molecule has 2 saturated heterocycles. The minimum absolute atomic E-state index is 0. The first-order valence-corrected chi connectivity index (χ1v) is 20.5. The maximum Gasteiger partial charge on any atom is 2.00 e. The Hall–Kier alpha value is 0.967. The van der Waals surface area contributed by atoms with Crippen molar-refractivity contribution in [2.45, 2.75) is 191 Å². The minimum atomic E-state index is -0.257. The summed E-state index contributed by atoms with van der Waals surface area (Å²) in [4.78, 5) is 0. The predicted octanol–water partition coefficient (Wildman–Crippen LogP) is 9.78. The van der Waals surface area contributed by atoms with Crippen LogP contribution in [0.15, 0.2) is 0 Å². The third-order valence-corrected chi connectivity index (χ3v) is 13.0. The topological polar surface area (TPSA) is 143 Å². The van der Waals surface area contributed by atoms with Crippen LogP contribution in [0, 0.1) is 35.5 Å². The van der Waals surface area contributed by atoms with Gasteiger partial charge in [-0.15, -0.1) is 26.2 Å². The average molecular weight is 794 g/mol. The number of nitrogens with zero attached hydrogens (tertiary/aromatic N) is 2. The molecule has 6 fully saturated rings. The van der Waals surface area contributed by atoms with Crippen LogP contribution in [0.25, 0.3) is 16.8 Å². The molecule has 0 aromatic rings. The van der Waals surface area contributed by atoms with Gasteiger partial charge in [0.25, 0.3) is 0 Å². The first-order chi connectivity index (χ1) is 22.5. The summed E-state index contributed by atoms with van der Waals surface area (Å²) >= 11 is 0. The number of rotatable bonds is 9. The zero-order chi connectivity index (χ0) is 32.4. The number of aliphatic hydroxyl groups excluding tert-OH is 4. The van der Waals surface area contributed by atoms with Crippen LogP contribution in [0.4, 0.5) is 0 Å². The SMILES string of the molecule is C1CC(C2CC[N-]CC2)CC[N-]1.OC(CC(O)C1CCCCC1)C1CCCCC1.OC(CC(O)C1CCCCC1)C1CCCCC1.[NH2-].[Zn+2].[Zn]. The molecule has 4 atom stereocenters. The zero-order valence-electron chi connectivity index (χ0n) is 31.7. The normalized spacial score (nSPS) is 26.4. The first kappa shape index (κ1) is 48.0. The van der Waals surface area contributed by atoms with Gasteiger partial charge in [0.1, 0.15) is 0 Å². The summed E-state index contributed by atoms with van der Waals surface area (Å²) in [5, 5.41) is 49.7. The molecule has 0 aromatic heterocycles. The van der Waals surface area contributed by atoms with Crippen LogP contribution in [0.5, 0.6) is 0 Å². The summed E-state index contributed by atoms with van der Waals surface area (Å²) in [6.07, 6.45) is 30.4. The summed E-state index contributed by atoms with van der Waals surface area (Å²) in [6.45, 7) is 4.49. The third-order valence-electron chi connectivity index (χ3n) is 13.0. The molecule has 0 spiro atoms. The number of nitrogens with two attached hydrogens (primary N) is 1. The van der Waals surface area contributed by atoms with Gasteiger partial charge in [-0.3, -0.25) is 0 Å². The van der Waals surface area contributed by atoms with Gasteiger partial charge in [0, 0.05) is 19.5 Å². The van der Waals surface area contributed by atoms with E-state index < -0.39 is 0 Å². The quantitative estimate of drug-likeness (QED) is 0.173. The van der Waals surface area contributed by atoms with Gasteiger partial charge in [0.2, 0.25) is 0 Å². The van der Waals surface area contributed by atoms with Gasteiger partial charge in [-0.25, -0.2) is 0 Å². The number of piperidine rings is 2. The standard InChI is InChI=1S/2C15H28O2.C10H18N2.H2N.2Zn/c2*16-14(12-7-3-1-4-8-12)11-15(17)13-9-5-2-6-10-13;1-5-11-6-2-9(1)10-3-7-12-8-4-10;;;/h2*12-17H,1-11H2;9-10H,1-8H2;1H2;;/q;;-2;-1;;+2. The molecule has 7 nitrogen and oxygen atoms in total. The van der Waals surface area contributed by atoms with Gasteiger partial charge >= 0.3 is 19.5 Å². The summed E-state index contributed by atoms with van der Waals surface area (Å²) in [5.41, 5.74) is 0. The molecular formula is C40H76N3O4Zn2-. The first-order valence-electron chi connectivity index (χ1n) is 20.5. The van der Waals surface area contributed by atoms with Gasteiger partial charge < -0.3 is 37.2 Å². The van der Waals surface area contributed by atoms with E-state index in [0.29, 0.717) is 36.5 Å². The van der Waals surface area contributed by atoms with Crippen molar-refractivity contribution < 1.29 is 59.4 Å². The smallest absolute Gasteiger partial charge is 0.693 e. The van der Waals surface area contributed by atoms with E-state index in [4.69, 9.17) is 0 Å². The molecule has 6 N–H and O–H groups in total. The fourth-order valence-electron chi connectivity index (χ4n) is 9.82. The molecule has 280 valence electrons. The molecule has 49 heavy (non-hydrogen) atoms. The molecule has 6 aliphatic rings. The van der Waals surface area contributed by atoms with Gasteiger partial charge in [-0.2, -0.15) is 0 Å². The molecule has 4 saturated carbocycles. The Morgan fingerprint density at radius 1 is 0.367 bits per heavy atom. The Labute approximate surface area is 327 Å². The van der Waals surface area contributed by atoms with Crippen LogP contribution >= 0.6 is 0 Å². The van der Waals surface area contributed by atoms with E-state index in [0.717, 1.165) is 38.0 Å². The maximum atomic E-state index is 10.2. The van der Waals surface area contributed by atoms with Crippen molar-refractivity contribution in [3.63, 3.8) is 0 Å². The maximum absolute atomic E-state index is 10.2. The largest absolute Gasteiger partial charge is 2.00 e. The number of hydrogen-bond donors (Lipinski definition) is 4. The van der Waals surface area contributed by atoms with E-state index in [1.54, 1.807) is 0 Å². The second-order valence-corrected chi connectivity index (χ2v) is 16.3. The fourth-order valence-corrected chi connectivity index (χ4v) is 9.82. The molecule has 6 rings (SSSR count). The van der Waals surface area contributed by atoms with Gasteiger partial charge in [-0.05, 0) is 99.7 Å². The molecule has 0 amide bonds. The van der Waals surface area contributed by atoms with Crippen LogP contribution < -0.4 is 0 Å². The number of hydrogen-bond acceptors (Lipinski definition) is 4. The average Bonchev–Trinajstić information content (AvgIpc) is 3.14. The van der Waals surface area contributed by atoms with Crippen molar-refractivity contribution in [1.29, 1.82) is 0 Å². The zero-order valence-corrected chi connectivity index (χ0v) is 37.6. The van der Waals surface area contributed by atoms with Crippen molar-refractivity contribution in [3.05, 3.63) is 16.8 Å².